The lowest BCUT2D eigenvalue weighted by Gasteiger charge is -2.04. The number of halogens is 1. The Morgan fingerprint density at radius 1 is 1.42 bits per heavy atom. The number of nitrogens with zero attached hydrogens (tertiary/aromatic N) is 3. The second-order valence-corrected chi connectivity index (χ2v) is 6.07. The molecule has 3 rings (SSSR count). The first-order valence-corrected chi connectivity index (χ1v) is 7.77. The summed E-state index contributed by atoms with van der Waals surface area (Å²) in [6.07, 6.45) is 0. The number of aromatic nitrogens is 1. The number of nitro groups is 1. The predicted molar refractivity (Wildman–Crippen MR) is 87.6 cm³/mol. The molecule has 0 saturated heterocycles. The Kier molecular flexibility index (Phi) is 4.12. The van der Waals surface area contributed by atoms with Crippen molar-refractivity contribution in [3.63, 3.8) is 0 Å². The highest BCUT2D eigenvalue weighted by atomic mass is 35.5. The maximum absolute atomic E-state index is 12.2. The van der Waals surface area contributed by atoms with Crippen molar-refractivity contribution < 1.29 is 18.9 Å². The number of carbonyl (C=O) groups is 1. The molecule has 0 bridgehead atoms. The van der Waals surface area contributed by atoms with Gasteiger partial charge in [-0.3, -0.25) is 14.9 Å². The van der Waals surface area contributed by atoms with Crippen LogP contribution in [0.4, 0.5) is 5.88 Å². The van der Waals surface area contributed by atoms with Crippen LogP contribution in [-0.2, 0) is 7.05 Å². The van der Waals surface area contributed by atoms with Crippen molar-refractivity contribution >= 4 is 44.9 Å². The van der Waals surface area contributed by atoms with Crippen LogP contribution < -0.4 is 9.54 Å². The lowest BCUT2D eigenvalue weighted by atomic mass is 10.3. The fourth-order valence-electron chi connectivity index (χ4n) is 2.14. The van der Waals surface area contributed by atoms with Crippen molar-refractivity contribution in [2.24, 2.45) is 12.0 Å². The summed E-state index contributed by atoms with van der Waals surface area (Å²) in [4.78, 5) is 26.4. The number of amides is 1. The number of hydrogen-bond donors (Lipinski definition) is 0. The van der Waals surface area contributed by atoms with Crippen molar-refractivity contribution in [2.45, 2.75) is 0 Å². The number of hydrogen-bond acceptors (Lipinski definition) is 6. The highest BCUT2D eigenvalue weighted by molar-refractivity contribution is 7.17. The first-order chi connectivity index (χ1) is 11.4. The maximum atomic E-state index is 12.2. The van der Waals surface area contributed by atoms with E-state index in [9.17, 15) is 14.9 Å². The molecule has 2 heterocycles. The van der Waals surface area contributed by atoms with Crippen molar-refractivity contribution in [3.05, 3.63) is 50.0 Å². The molecule has 1 aromatic carbocycles. The Morgan fingerprint density at radius 2 is 2.17 bits per heavy atom. The lowest BCUT2D eigenvalue weighted by molar-refractivity contribution is -0.402. The van der Waals surface area contributed by atoms with E-state index in [2.05, 4.69) is 4.99 Å². The fourth-order valence-corrected chi connectivity index (χ4v) is 3.45. The molecule has 0 aliphatic rings. The summed E-state index contributed by atoms with van der Waals surface area (Å²) in [5.74, 6) is -0.854. The van der Waals surface area contributed by atoms with Crippen LogP contribution in [0.5, 0.6) is 5.75 Å². The molecule has 24 heavy (non-hydrogen) atoms. The van der Waals surface area contributed by atoms with Crippen LogP contribution in [0.25, 0.3) is 10.2 Å². The molecule has 0 radical (unpaired) electrons. The third-order valence-electron chi connectivity index (χ3n) is 3.26. The summed E-state index contributed by atoms with van der Waals surface area (Å²) in [6, 6.07) is 5.73. The summed E-state index contributed by atoms with van der Waals surface area (Å²) in [5.41, 5.74) is 0.701. The first kappa shape index (κ1) is 16.2. The lowest BCUT2D eigenvalue weighted by Crippen LogP contribution is -2.13. The van der Waals surface area contributed by atoms with E-state index in [1.807, 2.05) is 0 Å². The molecule has 0 saturated carbocycles. The number of benzene rings is 1. The molecule has 2 aromatic heterocycles. The Bertz CT molecular complexity index is 1030. The number of methoxy groups -OCH3 is 1. The van der Waals surface area contributed by atoms with Gasteiger partial charge in [0.2, 0.25) is 5.76 Å². The van der Waals surface area contributed by atoms with E-state index >= 15 is 0 Å². The van der Waals surface area contributed by atoms with Gasteiger partial charge >= 0.3 is 11.8 Å². The van der Waals surface area contributed by atoms with Crippen LogP contribution in [0.3, 0.4) is 0 Å². The molecule has 0 N–H and O–H groups in total. The second kappa shape index (κ2) is 6.10. The third kappa shape index (κ3) is 2.68. The minimum Gasteiger partial charge on any atom is -0.495 e. The van der Waals surface area contributed by atoms with Gasteiger partial charge in [0.15, 0.2) is 4.80 Å². The normalized spacial score (nSPS) is 11.9. The minimum absolute atomic E-state index is 0.211. The van der Waals surface area contributed by atoms with Gasteiger partial charge in [-0.15, -0.1) is 0 Å². The summed E-state index contributed by atoms with van der Waals surface area (Å²) in [5, 5.41) is 11.1. The maximum Gasteiger partial charge on any atom is 0.433 e. The van der Waals surface area contributed by atoms with E-state index in [1.165, 1.54) is 24.5 Å². The first-order valence-electron chi connectivity index (χ1n) is 6.57. The number of ether oxygens (including phenoxy) is 1. The zero-order valence-corrected chi connectivity index (χ0v) is 14.1. The molecular formula is C14H10ClN3O5S. The van der Waals surface area contributed by atoms with Gasteiger partial charge in [0.05, 0.1) is 22.9 Å². The van der Waals surface area contributed by atoms with E-state index < -0.39 is 16.7 Å². The van der Waals surface area contributed by atoms with Crippen LogP contribution in [0.1, 0.15) is 10.6 Å². The summed E-state index contributed by atoms with van der Waals surface area (Å²) < 4.78 is 12.6. The average molecular weight is 368 g/mol. The van der Waals surface area contributed by atoms with E-state index in [0.717, 1.165) is 10.8 Å². The quantitative estimate of drug-likeness (QED) is 0.523. The molecule has 0 spiro atoms. The van der Waals surface area contributed by atoms with Gasteiger partial charge in [-0.2, -0.15) is 4.99 Å². The number of thiazole rings is 1. The molecule has 0 aliphatic heterocycles. The Balaban J connectivity index is 2.13. The fraction of sp³-hybridized carbons (Fsp3) is 0.143. The number of furan rings is 1. The molecule has 0 atom stereocenters. The number of fused-ring (bicyclic) bond motifs is 1. The highest BCUT2D eigenvalue weighted by Gasteiger charge is 2.18. The molecule has 10 heteroatoms. The minimum atomic E-state index is -0.722. The highest BCUT2D eigenvalue weighted by Crippen LogP contribution is 2.32. The van der Waals surface area contributed by atoms with Crippen molar-refractivity contribution in [3.8, 4) is 5.75 Å². The predicted octanol–water partition coefficient (Wildman–Crippen LogP) is 3.14. The van der Waals surface area contributed by atoms with E-state index in [0.29, 0.717) is 21.1 Å². The SMILES string of the molecule is COc1ccc(Cl)c2sc(=NC(=O)c3ccc([N+](=O)[O-])o3)n(C)c12. The monoisotopic (exact) mass is 367 g/mol. The number of rotatable bonds is 3. The summed E-state index contributed by atoms with van der Waals surface area (Å²) in [7, 11) is 3.25. The van der Waals surface area contributed by atoms with Crippen molar-refractivity contribution in [1.82, 2.24) is 4.57 Å². The standard InChI is InChI=1S/C14H10ClN3O5S/c1-17-11-8(22-2)4-3-7(15)12(11)24-14(17)16-13(19)9-5-6-10(23-9)18(20)21/h3-6H,1-2H3. The molecule has 124 valence electrons. The molecule has 1 amide bonds. The number of aryl methyl sites for hydroxylation is 1. The Hall–Kier alpha value is -2.65. The van der Waals surface area contributed by atoms with Gasteiger partial charge in [-0.25, -0.2) is 0 Å². The number of carbonyl (C=O) groups excluding carboxylic acids is 1. The van der Waals surface area contributed by atoms with Gasteiger partial charge in [0.1, 0.15) is 16.2 Å². The van der Waals surface area contributed by atoms with Crippen LogP contribution in [-0.4, -0.2) is 22.5 Å². The van der Waals surface area contributed by atoms with E-state index in [1.54, 1.807) is 23.7 Å². The molecule has 3 aromatic rings. The van der Waals surface area contributed by atoms with Gasteiger partial charge in [-0.1, -0.05) is 22.9 Å². The third-order valence-corrected chi connectivity index (χ3v) is 4.85. The van der Waals surface area contributed by atoms with Crippen molar-refractivity contribution in [1.29, 1.82) is 0 Å². The second-order valence-electron chi connectivity index (χ2n) is 4.68. The molecule has 0 aliphatic carbocycles. The summed E-state index contributed by atoms with van der Waals surface area (Å²) in [6.45, 7) is 0. The van der Waals surface area contributed by atoms with Crippen molar-refractivity contribution in [2.75, 3.05) is 7.11 Å². The van der Waals surface area contributed by atoms with Gasteiger partial charge in [0.25, 0.3) is 0 Å². The molecule has 0 unspecified atom stereocenters. The largest absolute Gasteiger partial charge is 0.495 e. The Morgan fingerprint density at radius 3 is 2.79 bits per heavy atom. The van der Waals surface area contributed by atoms with Crippen LogP contribution in [0.15, 0.2) is 33.7 Å². The summed E-state index contributed by atoms with van der Waals surface area (Å²) >= 11 is 7.39. The zero-order chi connectivity index (χ0) is 17.4. The van der Waals surface area contributed by atoms with E-state index in [4.69, 9.17) is 20.8 Å². The zero-order valence-electron chi connectivity index (χ0n) is 12.5. The van der Waals surface area contributed by atoms with Crippen LogP contribution >= 0.6 is 22.9 Å². The van der Waals surface area contributed by atoms with Crippen LogP contribution in [0.2, 0.25) is 5.02 Å². The van der Waals surface area contributed by atoms with Gasteiger partial charge in [-0.05, 0) is 18.2 Å². The molecule has 0 fully saturated rings. The molecule has 8 nitrogen and oxygen atoms in total. The Labute approximate surface area is 143 Å². The van der Waals surface area contributed by atoms with Gasteiger partial charge in [0, 0.05) is 7.05 Å². The average Bonchev–Trinajstić information content (AvgIpc) is 3.15. The van der Waals surface area contributed by atoms with Gasteiger partial charge < -0.3 is 13.7 Å². The van der Waals surface area contributed by atoms with E-state index in [-0.39, 0.29) is 5.76 Å². The van der Waals surface area contributed by atoms with Crippen LogP contribution in [0, 0.1) is 10.1 Å². The smallest absolute Gasteiger partial charge is 0.433 e. The topological polar surface area (TPSA) is 99.9 Å². The molecular weight excluding hydrogens is 358 g/mol.